The number of halogens is 1. The van der Waals surface area contributed by atoms with Crippen LogP contribution in [0.3, 0.4) is 0 Å². The molecular formula is C14H21FN2O2S. The van der Waals surface area contributed by atoms with E-state index in [0.29, 0.717) is 30.0 Å². The largest absolute Gasteiger partial charge is 0.396 e. The molecule has 0 saturated heterocycles. The third kappa shape index (κ3) is 6.14. The standard InChI is InChI=1S/C14H21FN2O2S/c1-2-3-8-20(19)9-4-5-14(18)17-11-6-7-12(15)13(16)10-11/h6-7,10H,2-5,8-9,16H2,1H3,(H,17,18). The highest BCUT2D eigenvalue weighted by molar-refractivity contribution is 7.84. The van der Waals surface area contributed by atoms with Gasteiger partial charge in [-0.25, -0.2) is 4.39 Å². The lowest BCUT2D eigenvalue weighted by molar-refractivity contribution is -0.116. The normalized spacial score (nSPS) is 12.1. The first kappa shape index (κ1) is 16.6. The number of nitrogens with two attached hydrogens (primary N) is 1. The Morgan fingerprint density at radius 3 is 2.70 bits per heavy atom. The molecule has 20 heavy (non-hydrogen) atoms. The molecule has 112 valence electrons. The van der Waals surface area contributed by atoms with E-state index in [2.05, 4.69) is 12.2 Å². The number of nitrogens with one attached hydrogen (secondary N) is 1. The molecule has 0 fully saturated rings. The van der Waals surface area contributed by atoms with Gasteiger partial charge in [-0.05, 0) is 31.0 Å². The van der Waals surface area contributed by atoms with Crippen molar-refractivity contribution in [2.24, 2.45) is 0 Å². The molecule has 4 nitrogen and oxygen atoms in total. The van der Waals surface area contributed by atoms with Gasteiger partial charge in [-0.2, -0.15) is 0 Å². The van der Waals surface area contributed by atoms with Gasteiger partial charge in [0, 0.05) is 34.4 Å². The summed E-state index contributed by atoms with van der Waals surface area (Å²) in [4.78, 5) is 11.7. The van der Waals surface area contributed by atoms with Crippen LogP contribution in [-0.4, -0.2) is 21.6 Å². The number of unbranched alkanes of at least 4 members (excludes halogenated alkanes) is 1. The van der Waals surface area contributed by atoms with Crippen LogP contribution in [0.15, 0.2) is 18.2 Å². The maximum atomic E-state index is 13.0. The zero-order valence-electron chi connectivity index (χ0n) is 11.7. The fourth-order valence-electron chi connectivity index (χ4n) is 1.65. The molecule has 0 saturated carbocycles. The molecule has 0 aromatic heterocycles. The van der Waals surface area contributed by atoms with Crippen LogP contribution in [0, 0.1) is 5.82 Å². The zero-order chi connectivity index (χ0) is 15.0. The molecule has 0 heterocycles. The minimum atomic E-state index is -0.839. The van der Waals surface area contributed by atoms with Gasteiger partial charge in [-0.15, -0.1) is 0 Å². The van der Waals surface area contributed by atoms with E-state index in [0.717, 1.165) is 12.8 Å². The van der Waals surface area contributed by atoms with Crippen molar-refractivity contribution >= 4 is 28.1 Å². The second-order valence-corrected chi connectivity index (χ2v) is 6.29. The van der Waals surface area contributed by atoms with Crippen molar-refractivity contribution < 1.29 is 13.4 Å². The van der Waals surface area contributed by atoms with Gasteiger partial charge in [0.05, 0.1) is 5.69 Å². The summed E-state index contributed by atoms with van der Waals surface area (Å²) in [6.45, 7) is 2.05. The van der Waals surface area contributed by atoms with Gasteiger partial charge in [-0.1, -0.05) is 13.3 Å². The molecule has 0 bridgehead atoms. The predicted octanol–water partition coefficient (Wildman–Crippen LogP) is 2.68. The summed E-state index contributed by atoms with van der Waals surface area (Å²) in [6.07, 6.45) is 2.86. The Bertz CT molecular complexity index is 480. The van der Waals surface area contributed by atoms with Crippen LogP contribution in [0.4, 0.5) is 15.8 Å². The molecule has 6 heteroatoms. The Hall–Kier alpha value is -1.43. The number of benzene rings is 1. The third-order valence-corrected chi connectivity index (χ3v) is 4.27. The molecule has 1 atom stereocenters. The Morgan fingerprint density at radius 1 is 1.35 bits per heavy atom. The maximum absolute atomic E-state index is 13.0. The van der Waals surface area contributed by atoms with E-state index in [1.807, 2.05) is 0 Å². The summed E-state index contributed by atoms with van der Waals surface area (Å²) in [7, 11) is -0.839. The number of carbonyl (C=O) groups excluding carboxylic acids is 1. The smallest absolute Gasteiger partial charge is 0.224 e. The van der Waals surface area contributed by atoms with E-state index in [1.165, 1.54) is 18.2 Å². The second kappa shape index (κ2) is 8.68. The first-order chi connectivity index (χ1) is 9.52. The lowest BCUT2D eigenvalue weighted by Gasteiger charge is -2.06. The third-order valence-electron chi connectivity index (χ3n) is 2.78. The van der Waals surface area contributed by atoms with Gasteiger partial charge in [0.1, 0.15) is 5.82 Å². The molecule has 3 N–H and O–H groups in total. The molecule has 0 aliphatic rings. The number of hydrogen-bond donors (Lipinski definition) is 2. The number of anilines is 2. The van der Waals surface area contributed by atoms with Crippen molar-refractivity contribution in [3.05, 3.63) is 24.0 Å². The van der Waals surface area contributed by atoms with E-state index in [4.69, 9.17) is 5.73 Å². The van der Waals surface area contributed by atoms with Gasteiger partial charge >= 0.3 is 0 Å². The average molecular weight is 300 g/mol. The average Bonchev–Trinajstić information content (AvgIpc) is 2.40. The van der Waals surface area contributed by atoms with Crippen LogP contribution in [0.25, 0.3) is 0 Å². The quantitative estimate of drug-likeness (QED) is 0.725. The molecule has 0 aliphatic heterocycles. The highest BCUT2D eigenvalue weighted by Crippen LogP contribution is 2.16. The van der Waals surface area contributed by atoms with Gasteiger partial charge in [0.2, 0.25) is 5.91 Å². The SMILES string of the molecule is CCCCS(=O)CCCC(=O)Nc1ccc(F)c(N)c1. The zero-order valence-corrected chi connectivity index (χ0v) is 12.5. The lowest BCUT2D eigenvalue weighted by Crippen LogP contribution is -2.13. The summed E-state index contributed by atoms with van der Waals surface area (Å²) in [6, 6.07) is 4.06. The summed E-state index contributed by atoms with van der Waals surface area (Å²) >= 11 is 0. The molecule has 0 spiro atoms. The van der Waals surface area contributed by atoms with Crippen molar-refractivity contribution in [3.63, 3.8) is 0 Å². The minimum absolute atomic E-state index is 0.00321. The van der Waals surface area contributed by atoms with Crippen molar-refractivity contribution in [2.75, 3.05) is 22.6 Å². The fraction of sp³-hybridized carbons (Fsp3) is 0.500. The molecule has 1 amide bonds. The second-order valence-electron chi connectivity index (χ2n) is 4.59. The van der Waals surface area contributed by atoms with E-state index in [1.54, 1.807) is 0 Å². The van der Waals surface area contributed by atoms with Crippen LogP contribution in [0.5, 0.6) is 0 Å². The number of carbonyl (C=O) groups is 1. The minimum Gasteiger partial charge on any atom is -0.396 e. The molecule has 0 radical (unpaired) electrons. The fourth-order valence-corrected chi connectivity index (χ4v) is 2.93. The highest BCUT2D eigenvalue weighted by atomic mass is 32.2. The summed E-state index contributed by atoms with van der Waals surface area (Å²) in [5.41, 5.74) is 5.89. The first-order valence-electron chi connectivity index (χ1n) is 6.72. The number of nitrogen functional groups attached to an aromatic ring is 1. The Balaban J connectivity index is 2.29. The van der Waals surface area contributed by atoms with Crippen molar-refractivity contribution in [1.82, 2.24) is 0 Å². The first-order valence-corrected chi connectivity index (χ1v) is 8.21. The van der Waals surface area contributed by atoms with Crippen LogP contribution in [0.1, 0.15) is 32.6 Å². The van der Waals surface area contributed by atoms with E-state index < -0.39 is 16.6 Å². The van der Waals surface area contributed by atoms with Crippen molar-refractivity contribution in [1.29, 1.82) is 0 Å². The predicted molar refractivity (Wildman–Crippen MR) is 81.5 cm³/mol. The Morgan fingerprint density at radius 2 is 2.05 bits per heavy atom. The number of rotatable bonds is 8. The highest BCUT2D eigenvalue weighted by Gasteiger charge is 2.06. The molecule has 1 rings (SSSR count). The molecular weight excluding hydrogens is 279 g/mol. The van der Waals surface area contributed by atoms with Crippen LogP contribution in [-0.2, 0) is 15.6 Å². The van der Waals surface area contributed by atoms with Gasteiger partial charge in [-0.3, -0.25) is 9.00 Å². The van der Waals surface area contributed by atoms with Crippen LogP contribution >= 0.6 is 0 Å². The number of amides is 1. The summed E-state index contributed by atoms with van der Waals surface area (Å²) < 4.78 is 24.5. The van der Waals surface area contributed by atoms with Gasteiger partial charge in [0.15, 0.2) is 0 Å². The maximum Gasteiger partial charge on any atom is 0.224 e. The van der Waals surface area contributed by atoms with Gasteiger partial charge in [0.25, 0.3) is 0 Å². The topological polar surface area (TPSA) is 72.2 Å². The lowest BCUT2D eigenvalue weighted by atomic mass is 10.2. The molecule has 1 aromatic carbocycles. The number of hydrogen-bond acceptors (Lipinski definition) is 3. The van der Waals surface area contributed by atoms with E-state index in [-0.39, 0.29) is 11.6 Å². The monoisotopic (exact) mass is 300 g/mol. The molecule has 1 aromatic rings. The van der Waals surface area contributed by atoms with E-state index in [9.17, 15) is 13.4 Å². The van der Waals surface area contributed by atoms with Crippen molar-refractivity contribution in [2.45, 2.75) is 32.6 Å². The molecule has 0 aliphatic carbocycles. The van der Waals surface area contributed by atoms with Crippen molar-refractivity contribution in [3.8, 4) is 0 Å². The molecule has 1 unspecified atom stereocenters. The Labute approximate surface area is 121 Å². The van der Waals surface area contributed by atoms with Gasteiger partial charge < -0.3 is 11.1 Å². The van der Waals surface area contributed by atoms with Crippen LogP contribution < -0.4 is 11.1 Å². The van der Waals surface area contributed by atoms with Crippen LogP contribution in [0.2, 0.25) is 0 Å². The summed E-state index contributed by atoms with van der Waals surface area (Å²) in [5, 5.41) is 2.64. The summed E-state index contributed by atoms with van der Waals surface area (Å²) in [5.74, 6) is 0.559. The Kier molecular flexibility index (Phi) is 7.22. The van der Waals surface area contributed by atoms with E-state index >= 15 is 0 Å².